The SMILES string of the molecule is C[P@](=O)(Nc1ccc(F)cc1)Oc1ccc(Cl)cc1. The fourth-order valence-corrected chi connectivity index (χ4v) is 2.79. The van der Waals surface area contributed by atoms with Gasteiger partial charge in [0.15, 0.2) is 0 Å². The first-order valence-corrected chi connectivity index (χ1v) is 7.96. The van der Waals surface area contributed by atoms with Crippen LogP contribution in [0.5, 0.6) is 5.75 Å². The van der Waals surface area contributed by atoms with E-state index < -0.39 is 7.52 Å². The van der Waals surface area contributed by atoms with Crippen LogP contribution < -0.4 is 9.61 Å². The molecule has 0 aliphatic rings. The van der Waals surface area contributed by atoms with Crippen molar-refractivity contribution in [3.63, 3.8) is 0 Å². The number of hydrogen-bond acceptors (Lipinski definition) is 2. The summed E-state index contributed by atoms with van der Waals surface area (Å²) in [6.45, 7) is 1.45. The number of hydrogen-bond donors (Lipinski definition) is 1. The molecule has 2 rings (SSSR count). The second-order valence-electron chi connectivity index (χ2n) is 4.01. The van der Waals surface area contributed by atoms with Gasteiger partial charge in [0.05, 0.1) is 0 Å². The molecule has 0 aromatic heterocycles. The van der Waals surface area contributed by atoms with Gasteiger partial charge in [-0.1, -0.05) is 11.6 Å². The Morgan fingerprint density at radius 3 is 2.26 bits per heavy atom. The lowest BCUT2D eigenvalue weighted by Crippen LogP contribution is -2.02. The molecule has 0 radical (unpaired) electrons. The lowest BCUT2D eigenvalue weighted by Gasteiger charge is -2.17. The Hall–Kier alpha value is -1.51. The summed E-state index contributed by atoms with van der Waals surface area (Å²) < 4.78 is 30.4. The second-order valence-corrected chi connectivity index (χ2v) is 6.54. The maximum Gasteiger partial charge on any atom is 0.338 e. The molecule has 0 fully saturated rings. The molecule has 0 unspecified atom stereocenters. The van der Waals surface area contributed by atoms with Crippen molar-refractivity contribution in [2.75, 3.05) is 11.8 Å². The van der Waals surface area contributed by atoms with Crippen LogP contribution in [0.4, 0.5) is 10.1 Å². The zero-order valence-electron chi connectivity index (χ0n) is 10.1. The summed E-state index contributed by atoms with van der Waals surface area (Å²) in [6.07, 6.45) is 0. The highest BCUT2D eigenvalue weighted by atomic mass is 35.5. The summed E-state index contributed by atoms with van der Waals surface area (Å²) >= 11 is 5.75. The number of halogens is 2. The van der Waals surface area contributed by atoms with Crippen LogP contribution in [0.1, 0.15) is 0 Å². The minimum absolute atomic E-state index is 0.352. The van der Waals surface area contributed by atoms with Gasteiger partial charge in [-0.05, 0) is 48.5 Å². The quantitative estimate of drug-likeness (QED) is 0.825. The van der Waals surface area contributed by atoms with Gasteiger partial charge >= 0.3 is 7.52 Å². The average molecular weight is 300 g/mol. The van der Waals surface area contributed by atoms with Crippen molar-refractivity contribution in [2.24, 2.45) is 0 Å². The second kappa shape index (κ2) is 5.64. The Balaban J connectivity index is 2.08. The number of nitrogens with one attached hydrogen (secondary N) is 1. The van der Waals surface area contributed by atoms with Gasteiger partial charge in [0.25, 0.3) is 0 Å². The lowest BCUT2D eigenvalue weighted by atomic mass is 10.3. The van der Waals surface area contributed by atoms with E-state index in [9.17, 15) is 8.96 Å². The molecule has 0 aliphatic heterocycles. The number of rotatable bonds is 4. The van der Waals surface area contributed by atoms with Crippen molar-refractivity contribution < 1.29 is 13.5 Å². The zero-order chi connectivity index (χ0) is 13.9. The zero-order valence-corrected chi connectivity index (χ0v) is 11.8. The van der Waals surface area contributed by atoms with E-state index in [0.717, 1.165) is 0 Å². The molecular formula is C13H12ClFNO2P. The van der Waals surface area contributed by atoms with E-state index in [-0.39, 0.29) is 5.82 Å². The van der Waals surface area contributed by atoms with Crippen molar-refractivity contribution in [3.8, 4) is 5.75 Å². The average Bonchev–Trinajstić information content (AvgIpc) is 2.34. The molecule has 100 valence electrons. The minimum atomic E-state index is -3.08. The normalized spacial score (nSPS) is 13.6. The van der Waals surface area contributed by atoms with E-state index in [4.69, 9.17) is 16.1 Å². The molecule has 0 aliphatic carbocycles. The summed E-state index contributed by atoms with van der Waals surface area (Å²) in [6, 6.07) is 12.1. The highest BCUT2D eigenvalue weighted by Crippen LogP contribution is 2.43. The monoisotopic (exact) mass is 299 g/mol. The molecule has 0 spiro atoms. The smallest absolute Gasteiger partial charge is 0.338 e. The fraction of sp³-hybridized carbons (Fsp3) is 0.0769. The summed E-state index contributed by atoms with van der Waals surface area (Å²) in [5, 5.41) is 3.32. The molecule has 2 aromatic carbocycles. The third-order valence-corrected chi connectivity index (χ3v) is 3.75. The fourth-order valence-electron chi connectivity index (χ4n) is 1.48. The van der Waals surface area contributed by atoms with E-state index in [2.05, 4.69) is 5.09 Å². The van der Waals surface area contributed by atoms with Crippen molar-refractivity contribution >= 4 is 24.8 Å². The van der Waals surface area contributed by atoms with Crippen molar-refractivity contribution in [3.05, 3.63) is 59.4 Å². The molecule has 3 nitrogen and oxygen atoms in total. The highest BCUT2D eigenvalue weighted by molar-refractivity contribution is 7.60. The first-order valence-electron chi connectivity index (χ1n) is 5.51. The topological polar surface area (TPSA) is 38.3 Å². The summed E-state index contributed by atoms with van der Waals surface area (Å²) in [5.41, 5.74) is 0.529. The lowest BCUT2D eigenvalue weighted by molar-refractivity contribution is 0.493. The van der Waals surface area contributed by atoms with Crippen molar-refractivity contribution in [2.45, 2.75) is 0 Å². The van der Waals surface area contributed by atoms with Gasteiger partial charge in [-0.25, -0.2) is 4.39 Å². The first-order chi connectivity index (χ1) is 8.94. The predicted molar refractivity (Wildman–Crippen MR) is 75.6 cm³/mol. The van der Waals surface area contributed by atoms with E-state index in [1.807, 2.05) is 0 Å². The molecule has 1 N–H and O–H groups in total. The molecule has 0 amide bonds. The van der Waals surface area contributed by atoms with E-state index in [0.29, 0.717) is 16.5 Å². The van der Waals surface area contributed by atoms with Crippen LogP contribution in [0.2, 0.25) is 5.02 Å². The van der Waals surface area contributed by atoms with Gasteiger partial charge in [-0.3, -0.25) is 4.57 Å². The number of anilines is 1. The summed E-state index contributed by atoms with van der Waals surface area (Å²) in [4.78, 5) is 0. The van der Waals surface area contributed by atoms with Gasteiger partial charge < -0.3 is 9.61 Å². The Labute approximate surface area is 115 Å². The summed E-state index contributed by atoms with van der Waals surface area (Å²) in [5.74, 6) is 0.0972. The summed E-state index contributed by atoms with van der Waals surface area (Å²) in [7, 11) is -3.08. The number of benzene rings is 2. The predicted octanol–water partition coefficient (Wildman–Crippen LogP) is 4.79. The molecule has 0 bridgehead atoms. The Morgan fingerprint density at radius 1 is 1.11 bits per heavy atom. The van der Waals surface area contributed by atoms with Crippen LogP contribution in [-0.2, 0) is 4.57 Å². The van der Waals surface area contributed by atoms with Gasteiger partial charge in [0.2, 0.25) is 0 Å². The molecule has 0 saturated carbocycles. The Morgan fingerprint density at radius 2 is 1.68 bits per heavy atom. The van der Waals surface area contributed by atoms with Crippen LogP contribution in [0.25, 0.3) is 0 Å². The van der Waals surface area contributed by atoms with Gasteiger partial charge in [-0.2, -0.15) is 0 Å². The largest absolute Gasteiger partial charge is 0.429 e. The molecule has 19 heavy (non-hydrogen) atoms. The molecule has 2 aromatic rings. The Bertz CT molecular complexity index is 550. The standard InChI is InChI=1S/C13H12ClFNO2P/c1-19(17,16-12-6-4-11(15)5-7-12)18-13-8-2-10(14)3-9-13/h2-9H,1H3,(H,16,17)/t19-/m1/s1. The maximum atomic E-state index is 12.8. The highest BCUT2D eigenvalue weighted by Gasteiger charge is 2.17. The van der Waals surface area contributed by atoms with Crippen LogP contribution >= 0.6 is 19.1 Å². The minimum Gasteiger partial charge on any atom is -0.429 e. The van der Waals surface area contributed by atoms with Gasteiger partial charge in [-0.15, -0.1) is 0 Å². The van der Waals surface area contributed by atoms with Gasteiger partial charge in [0.1, 0.15) is 11.6 Å². The van der Waals surface area contributed by atoms with Crippen LogP contribution in [0.15, 0.2) is 48.5 Å². The van der Waals surface area contributed by atoms with Crippen LogP contribution in [0, 0.1) is 5.82 Å². The molecular weight excluding hydrogens is 288 g/mol. The maximum absolute atomic E-state index is 12.8. The Kier molecular flexibility index (Phi) is 4.13. The van der Waals surface area contributed by atoms with E-state index in [1.54, 1.807) is 24.3 Å². The third-order valence-electron chi connectivity index (χ3n) is 2.27. The van der Waals surface area contributed by atoms with Gasteiger partial charge in [0, 0.05) is 17.4 Å². The van der Waals surface area contributed by atoms with Crippen molar-refractivity contribution in [1.29, 1.82) is 0 Å². The van der Waals surface area contributed by atoms with Crippen LogP contribution in [0.3, 0.4) is 0 Å². The van der Waals surface area contributed by atoms with Crippen LogP contribution in [-0.4, -0.2) is 6.66 Å². The molecule has 6 heteroatoms. The van der Waals surface area contributed by atoms with E-state index >= 15 is 0 Å². The first kappa shape index (κ1) is 13.9. The molecule has 0 saturated heterocycles. The molecule has 1 atom stereocenters. The molecule has 0 heterocycles. The third kappa shape index (κ3) is 4.27. The van der Waals surface area contributed by atoms with E-state index in [1.165, 1.54) is 30.9 Å². The van der Waals surface area contributed by atoms with Crippen molar-refractivity contribution in [1.82, 2.24) is 0 Å².